The van der Waals surface area contributed by atoms with Gasteiger partial charge in [-0.15, -0.1) is 22.7 Å². The Labute approximate surface area is 118 Å². The maximum Gasteiger partial charge on any atom is 0.128 e. The highest BCUT2D eigenvalue weighted by Crippen LogP contribution is 2.43. The van der Waals surface area contributed by atoms with Gasteiger partial charge in [0.2, 0.25) is 0 Å². The number of thiophene rings is 2. The summed E-state index contributed by atoms with van der Waals surface area (Å²) in [6.07, 6.45) is 1.18. The number of nitrogens with zero attached hydrogens (tertiary/aromatic N) is 1. The van der Waals surface area contributed by atoms with E-state index in [1.165, 1.54) is 43.7 Å². The predicted molar refractivity (Wildman–Crippen MR) is 81.4 cm³/mol. The van der Waals surface area contributed by atoms with E-state index in [4.69, 9.17) is 11.0 Å². The first-order chi connectivity index (χ1) is 8.70. The van der Waals surface area contributed by atoms with Crippen molar-refractivity contribution in [2.75, 3.05) is 11.5 Å². The summed E-state index contributed by atoms with van der Waals surface area (Å²) >= 11 is 5.38. The van der Waals surface area contributed by atoms with Gasteiger partial charge in [-0.25, -0.2) is 0 Å². The average molecular weight is 292 g/mol. The van der Waals surface area contributed by atoms with Crippen molar-refractivity contribution >= 4 is 40.1 Å². The molecule has 18 heavy (non-hydrogen) atoms. The van der Waals surface area contributed by atoms with Crippen molar-refractivity contribution in [3.8, 4) is 15.8 Å². The highest BCUT2D eigenvalue weighted by molar-refractivity contribution is 7.98. The molecule has 92 valence electrons. The Morgan fingerprint density at radius 3 is 2.89 bits per heavy atom. The lowest BCUT2D eigenvalue weighted by Crippen LogP contribution is -1.96. The van der Waals surface area contributed by atoms with Gasteiger partial charge < -0.3 is 5.73 Å². The number of fused-ring (bicyclic) bond motifs is 1. The molecule has 3 rings (SSSR count). The van der Waals surface area contributed by atoms with Crippen LogP contribution in [0.2, 0.25) is 0 Å². The number of hydrogen-bond donors (Lipinski definition) is 1. The molecule has 1 aliphatic heterocycles. The number of aryl methyl sites for hydroxylation is 1. The topological polar surface area (TPSA) is 49.8 Å². The Bertz CT molecular complexity index is 622. The third-order valence-electron chi connectivity index (χ3n) is 3.15. The number of nitrogen functional groups attached to an aromatic ring is 1. The monoisotopic (exact) mass is 292 g/mol. The molecule has 0 bridgehead atoms. The summed E-state index contributed by atoms with van der Waals surface area (Å²) in [5.41, 5.74) is 9.14. The zero-order valence-electron chi connectivity index (χ0n) is 9.95. The van der Waals surface area contributed by atoms with Crippen LogP contribution in [-0.4, -0.2) is 5.75 Å². The molecule has 0 unspecified atom stereocenters. The first kappa shape index (κ1) is 12.1. The van der Waals surface area contributed by atoms with Crippen molar-refractivity contribution in [3.05, 3.63) is 26.9 Å². The van der Waals surface area contributed by atoms with Gasteiger partial charge in [-0.1, -0.05) is 0 Å². The fraction of sp³-hybridized carbons (Fsp3) is 0.308. The van der Waals surface area contributed by atoms with E-state index in [9.17, 15) is 0 Å². The summed E-state index contributed by atoms with van der Waals surface area (Å²) in [5.74, 6) is 2.35. The molecule has 2 aromatic heterocycles. The summed E-state index contributed by atoms with van der Waals surface area (Å²) in [4.78, 5) is 4.60. The van der Waals surface area contributed by atoms with Gasteiger partial charge in [0.1, 0.15) is 10.9 Å². The molecule has 0 spiro atoms. The Kier molecular flexibility index (Phi) is 3.10. The molecule has 0 aromatic carbocycles. The van der Waals surface area contributed by atoms with Crippen molar-refractivity contribution < 1.29 is 0 Å². The van der Waals surface area contributed by atoms with E-state index < -0.39 is 0 Å². The van der Waals surface area contributed by atoms with E-state index in [1.54, 1.807) is 0 Å². The van der Waals surface area contributed by atoms with Crippen molar-refractivity contribution in [2.45, 2.75) is 19.1 Å². The van der Waals surface area contributed by atoms with Crippen LogP contribution >= 0.6 is 34.4 Å². The SMILES string of the molecule is Cc1c(-c2cc3c(s2)CCSC3)sc(C#N)c1N. The van der Waals surface area contributed by atoms with Gasteiger partial charge in [0.25, 0.3) is 0 Å². The van der Waals surface area contributed by atoms with Gasteiger partial charge in [0.05, 0.1) is 10.6 Å². The zero-order chi connectivity index (χ0) is 12.7. The predicted octanol–water partition coefficient (Wildman–Crippen LogP) is 4.03. The van der Waals surface area contributed by atoms with Crippen LogP contribution in [0.1, 0.15) is 20.9 Å². The maximum absolute atomic E-state index is 9.05. The van der Waals surface area contributed by atoms with Crippen molar-refractivity contribution in [1.29, 1.82) is 5.26 Å². The largest absolute Gasteiger partial charge is 0.397 e. The lowest BCUT2D eigenvalue weighted by atomic mass is 10.2. The number of thioether (sulfide) groups is 1. The second kappa shape index (κ2) is 4.61. The third-order valence-corrected chi connectivity index (χ3v) is 6.78. The van der Waals surface area contributed by atoms with E-state index in [-0.39, 0.29) is 0 Å². The summed E-state index contributed by atoms with van der Waals surface area (Å²) < 4.78 is 0. The van der Waals surface area contributed by atoms with Crippen LogP contribution < -0.4 is 5.73 Å². The Morgan fingerprint density at radius 1 is 1.39 bits per heavy atom. The van der Waals surface area contributed by atoms with Crippen LogP contribution in [-0.2, 0) is 12.2 Å². The first-order valence-corrected chi connectivity index (χ1v) is 8.48. The molecule has 0 saturated heterocycles. The molecule has 2 aromatic rings. The van der Waals surface area contributed by atoms with Gasteiger partial charge in [0, 0.05) is 15.5 Å². The smallest absolute Gasteiger partial charge is 0.128 e. The average Bonchev–Trinajstić information content (AvgIpc) is 2.92. The minimum absolute atomic E-state index is 0.642. The Balaban J connectivity index is 2.10. The van der Waals surface area contributed by atoms with Crippen LogP contribution in [0.15, 0.2) is 6.07 Å². The normalized spacial score (nSPS) is 14.2. The minimum Gasteiger partial charge on any atom is -0.397 e. The fourth-order valence-corrected chi connectivity index (χ4v) is 5.66. The molecule has 5 heteroatoms. The highest BCUT2D eigenvalue weighted by atomic mass is 32.2. The lowest BCUT2D eigenvalue weighted by molar-refractivity contribution is 1.13. The van der Waals surface area contributed by atoms with E-state index in [2.05, 4.69) is 12.1 Å². The molecule has 1 aliphatic rings. The zero-order valence-corrected chi connectivity index (χ0v) is 12.4. The molecule has 2 N–H and O–H groups in total. The Hall–Kier alpha value is -0.960. The summed E-state index contributed by atoms with van der Waals surface area (Å²) in [7, 11) is 0. The molecular formula is C13H12N2S3. The molecule has 0 radical (unpaired) electrons. The standard InChI is InChI=1S/C13H12N2S3/c1-7-12(15)11(5-14)18-13(7)10-4-8-6-16-3-2-9(8)17-10/h4H,2-3,6,15H2,1H3. The number of nitriles is 1. The molecule has 0 aliphatic carbocycles. The second-order valence-electron chi connectivity index (χ2n) is 4.27. The maximum atomic E-state index is 9.05. The number of anilines is 1. The highest BCUT2D eigenvalue weighted by Gasteiger charge is 2.19. The number of nitrogens with two attached hydrogens (primary N) is 1. The molecule has 2 nitrogen and oxygen atoms in total. The van der Waals surface area contributed by atoms with E-state index in [0.29, 0.717) is 10.6 Å². The van der Waals surface area contributed by atoms with E-state index in [1.807, 2.05) is 30.0 Å². The summed E-state index contributed by atoms with van der Waals surface area (Å²) in [6.45, 7) is 2.01. The van der Waals surface area contributed by atoms with Gasteiger partial charge in [-0.2, -0.15) is 17.0 Å². The van der Waals surface area contributed by atoms with E-state index >= 15 is 0 Å². The van der Waals surface area contributed by atoms with Gasteiger partial charge >= 0.3 is 0 Å². The van der Waals surface area contributed by atoms with Gasteiger partial charge in [-0.05, 0) is 36.3 Å². The molecule has 0 saturated carbocycles. The number of hydrogen-bond acceptors (Lipinski definition) is 5. The molecular weight excluding hydrogens is 280 g/mol. The van der Waals surface area contributed by atoms with Crippen molar-refractivity contribution in [3.63, 3.8) is 0 Å². The second-order valence-corrected chi connectivity index (χ2v) is 7.53. The quantitative estimate of drug-likeness (QED) is 0.863. The molecule has 3 heterocycles. The fourth-order valence-electron chi connectivity index (χ4n) is 2.10. The van der Waals surface area contributed by atoms with E-state index in [0.717, 1.165) is 11.3 Å². The molecule has 0 atom stereocenters. The number of rotatable bonds is 1. The van der Waals surface area contributed by atoms with Crippen LogP contribution in [0.3, 0.4) is 0 Å². The van der Waals surface area contributed by atoms with Crippen LogP contribution in [0, 0.1) is 18.3 Å². The van der Waals surface area contributed by atoms with Crippen molar-refractivity contribution in [1.82, 2.24) is 0 Å². The minimum atomic E-state index is 0.642. The van der Waals surface area contributed by atoms with Crippen LogP contribution in [0.25, 0.3) is 9.75 Å². The first-order valence-electron chi connectivity index (χ1n) is 5.69. The lowest BCUT2D eigenvalue weighted by Gasteiger charge is -2.08. The van der Waals surface area contributed by atoms with Gasteiger partial charge in [0.15, 0.2) is 0 Å². The van der Waals surface area contributed by atoms with Crippen LogP contribution in [0.5, 0.6) is 0 Å². The van der Waals surface area contributed by atoms with Crippen LogP contribution in [0.4, 0.5) is 5.69 Å². The summed E-state index contributed by atoms with van der Waals surface area (Å²) in [5, 5.41) is 9.05. The van der Waals surface area contributed by atoms with Crippen molar-refractivity contribution in [2.24, 2.45) is 0 Å². The van der Waals surface area contributed by atoms with Gasteiger partial charge in [-0.3, -0.25) is 0 Å². The third kappa shape index (κ3) is 1.85. The molecule has 0 fully saturated rings. The summed E-state index contributed by atoms with van der Waals surface area (Å²) in [6, 6.07) is 4.47. The molecule has 0 amide bonds. The Morgan fingerprint density at radius 2 is 2.22 bits per heavy atom.